The Kier molecular flexibility index (Phi) is 4.10. The van der Waals surface area contributed by atoms with Gasteiger partial charge in [-0.3, -0.25) is 0 Å². The van der Waals surface area contributed by atoms with Crippen LogP contribution in [0.15, 0.2) is 12.1 Å². The fourth-order valence-electron chi connectivity index (χ4n) is 1.49. The maximum atomic E-state index is 13.0. The quantitative estimate of drug-likeness (QED) is 0.879. The predicted octanol–water partition coefficient (Wildman–Crippen LogP) is 4.82. The Hall–Kier alpha value is -0.840. The van der Waals surface area contributed by atoms with Gasteiger partial charge in [0.25, 0.3) is 0 Å². The van der Waals surface area contributed by atoms with Crippen LogP contribution in [0.4, 0.5) is 10.1 Å². The molecule has 2 rings (SSSR count). The molecule has 0 atom stereocenters. The minimum Gasteiger partial charge on any atom is -0.376 e. The van der Waals surface area contributed by atoms with Gasteiger partial charge in [0.05, 0.1) is 28.0 Å². The third-order valence-electron chi connectivity index (χ3n) is 2.50. The van der Waals surface area contributed by atoms with Gasteiger partial charge in [0.2, 0.25) is 0 Å². The van der Waals surface area contributed by atoms with Crippen molar-refractivity contribution in [3.63, 3.8) is 0 Å². The van der Waals surface area contributed by atoms with E-state index in [2.05, 4.69) is 10.3 Å². The number of benzene rings is 1. The van der Waals surface area contributed by atoms with Gasteiger partial charge >= 0.3 is 0 Å². The van der Waals surface area contributed by atoms with Crippen molar-refractivity contribution in [1.29, 1.82) is 0 Å². The molecule has 0 amide bonds. The van der Waals surface area contributed by atoms with Crippen LogP contribution >= 0.6 is 34.5 Å². The number of hydrogen-bond acceptors (Lipinski definition) is 3. The van der Waals surface area contributed by atoms with E-state index in [1.165, 1.54) is 17.0 Å². The summed E-state index contributed by atoms with van der Waals surface area (Å²) in [5.74, 6) is -0.448. The van der Waals surface area contributed by atoms with E-state index < -0.39 is 5.82 Å². The smallest absolute Gasteiger partial charge is 0.126 e. The molecule has 0 saturated carbocycles. The van der Waals surface area contributed by atoms with Gasteiger partial charge in [-0.25, -0.2) is 9.37 Å². The first-order chi connectivity index (χ1) is 8.47. The highest BCUT2D eigenvalue weighted by molar-refractivity contribution is 7.11. The maximum Gasteiger partial charge on any atom is 0.126 e. The van der Waals surface area contributed by atoms with Crippen LogP contribution in [0.1, 0.15) is 15.6 Å². The molecule has 1 aromatic heterocycles. The van der Waals surface area contributed by atoms with Gasteiger partial charge in [0.1, 0.15) is 10.8 Å². The molecule has 6 heteroatoms. The lowest BCUT2D eigenvalue weighted by molar-refractivity contribution is 0.628. The molecule has 1 N–H and O–H groups in total. The van der Waals surface area contributed by atoms with Crippen molar-refractivity contribution in [2.75, 3.05) is 5.32 Å². The van der Waals surface area contributed by atoms with E-state index in [4.69, 9.17) is 23.2 Å². The van der Waals surface area contributed by atoms with Gasteiger partial charge in [-0.15, -0.1) is 11.3 Å². The van der Waals surface area contributed by atoms with E-state index in [9.17, 15) is 4.39 Å². The summed E-state index contributed by atoms with van der Waals surface area (Å²) in [5.41, 5.74) is 1.55. The topological polar surface area (TPSA) is 24.9 Å². The number of nitrogens with zero attached hydrogens (tertiary/aromatic N) is 1. The summed E-state index contributed by atoms with van der Waals surface area (Å²) >= 11 is 13.5. The molecular weight excluding hydrogens is 294 g/mol. The zero-order valence-corrected chi connectivity index (χ0v) is 12.2. The number of rotatable bonds is 3. The molecule has 2 aromatic rings. The van der Waals surface area contributed by atoms with Crippen molar-refractivity contribution in [2.45, 2.75) is 20.4 Å². The summed E-state index contributed by atoms with van der Waals surface area (Å²) in [6.45, 7) is 4.51. The van der Waals surface area contributed by atoms with E-state index in [1.807, 2.05) is 13.8 Å². The van der Waals surface area contributed by atoms with Crippen molar-refractivity contribution in [3.05, 3.63) is 43.6 Å². The molecule has 0 unspecified atom stereocenters. The van der Waals surface area contributed by atoms with Crippen molar-refractivity contribution in [3.8, 4) is 0 Å². The zero-order chi connectivity index (χ0) is 13.3. The first kappa shape index (κ1) is 13.6. The van der Waals surface area contributed by atoms with E-state index in [1.54, 1.807) is 11.3 Å². The van der Waals surface area contributed by atoms with Crippen molar-refractivity contribution in [2.24, 2.45) is 0 Å². The number of aromatic nitrogens is 1. The highest BCUT2D eigenvalue weighted by Crippen LogP contribution is 2.32. The molecule has 0 aliphatic carbocycles. The van der Waals surface area contributed by atoms with Crippen LogP contribution < -0.4 is 5.32 Å². The van der Waals surface area contributed by atoms with Gasteiger partial charge in [0, 0.05) is 4.88 Å². The SMILES string of the molecule is Cc1nc(CNc2c(Cl)cc(F)cc2Cl)sc1C. The second kappa shape index (κ2) is 5.43. The second-order valence-electron chi connectivity index (χ2n) is 3.85. The number of thiazole rings is 1. The van der Waals surface area contributed by atoms with Gasteiger partial charge in [-0.05, 0) is 26.0 Å². The Morgan fingerprint density at radius 3 is 2.39 bits per heavy atom. The van der Waals surface area contributed by atoms with Crippen LogP contribution in [0.3, 0.4) is 0 Å². The number of halogens is 3. The lowest BCUT2D eigenvalue weighted by atomic mass is 10.3. The molecule has 0 saturated heterocycles. The molecule has 0 aliphatic heterocycles. The third-order valence-corrected chi connectivity index (χ3v) is 4.17. The minimum atomic E-state index is -0.448. The maximum absolute atomic E-state index is 13.0. The van der Waals surface area contributed by atoms with Gasteiger partial charge in [0.15, 0.2) is 0 Å². The van der Waals surface area contributed by atoms with Crippen molar-refractivity contribution in [1.82, 2.24) is 4.98 Å². The molecule has 2 nitrogen and oxygen atoms in total. The third kappa shape index (κ3) is 2.94. The molecule has 0 spiro atoms. The van der Waals surface area contributed by atoms with Crippen LogP contribution in [-0.4, -0.2) is 4.98 Å². The van der Waals surface area contributed by atoms with Crippen LogP contribution in [0.5, 0.6) is 0 Å². The number of anilines is 1. The fourth-order valence-corrected chi connectivity index (χ4v) is 2.96. The summed E-state index contributed by atoms with van der Waals surface area (Å²) in [6, 6.07) is 2.46. The predicted molar refractivity (Wildman–Crippen MR) is 75.3 cm³/mol. The molecule has 18 heavy (non-hydrogen) atoms. The van der Waals surface area contributed by atoms with Crippen molar-refractivity contribution < 1.29 is 4.39 Å². The van der Waals surface area contributed by atoms with E-state index >= 15 is 0 Å². The van der Waals surface area contributed by atoms with Crippen LogP contribution in [0.2, 0.25) is 10.0 Å². The largest absolute Gasteiger partial charge is 0.376 e. The average Bonchev–Trinajstić information content (AvgIpc) is 2.56. The summed E-state index contributed by atoms with van der Waals surface area (Å²) in [7, 11) is 0. The van der Waals surface area contributed by atoms with Crippen molar-refractivity contribution >= 4 is 40.2 Å². The minimum absolute atomic E-state index is 0.269. The van der Waals surface area contributed by atoms with Gasteiger partial charge in [-0.2, -0.15) is 0 Å². The molecule has 0 bridgehead atoms. The number of aryl methyl sites for hydroxylation is 2. The Morgan fingerprint density at radius 2 is 1.89 bits per heavy atom. The summed E-state index contributed by atoms with van der Waals surface area (Å²) in [6.07, 6.45) is 0. The molecule has 0 fully saturated rings. The second-order valence-corrected chi connectivity index (χ2v) is 5.95. The standard InChI is InChI=1S/C12H11Cl2FN2S/c1-6-7(2)18-11(17-6)5-16-12-9(13)3-8(15)4-10(12)14/h3-4,16H,5H2,1-2H3. The highest BCUT2D eigenvalue weighted by Gasteiger charge is 2.09. The molecule has 0 radical (unpaired) electrons. The summed E-state index contributed by atoms with van der Waals surface area (Å²) in [5, 5.41) is 4.57. The van der Waals surface area contributed by atoms with Gasteiger partial charge < -0.3 is 5.32 Å². The first-order valence-corrected chi connectivity index (χ1v) is 6.86. The zero-order valence-electron chi connectivity index (χ0n) is 9.85. The Bertz CT molecular complexity index is 541. The molecule has 0 aliphatic rings. The van der Waals surface area contributed by atoms with Crippen LogP contribution in [-0.2, 0) is 6.54 Å². The summed E-state index contributed by atoms with van der Waals surface area (Å²) < 4.78 is 13.0. The number of nitrogens with one attached hydrogen (secondary N) is 1. The molecule has 1 heterocycles. The average molecular weight is 305 g/mol. The van der Waals surface area contributed by atoms with E-state index in [-0.39, 0.29) is 10.0 Å². The monoisotopic (exact) mass is 304 g/mol. The summed E-state index contributed by atoms with van der Waals surface area (Å²) in [4.78, 5) is 5.58. The Labute approximate surface area is 119 Å². The Balaban J connectivity index is 2.15. The molecule has 1 aromatic carbocycles. The highest BCUT2D eigenvalue weighted by atomic mass is 35.5. The molecular formula is C12H11Cl2FN2S. The van der Waals surface area contributed by atoms with Gasteiger partial charge in [-0.1, -0.05) is 23.2 Å². The fraction of sp³-hybridized carbons (Fsp3) is 0.250. The first-order valence-electron chi connectivity index (χ1n) is 5.28. The van der Waals surface area contributed by atoms with Crippen LogP contribution in [0, 0.1) is 19.7 Å². The van der Waals surface area contributed by atoms with E-state index in [0.29, 0.717) is 12.2 Å². The normalized spacial score (nSPS) is 10.7. The number of hydrogen-bond donors (Lipinski definition) is 1. The van der Waals surface area contributed by atoms with E-state index in [0.717, 1.165) is 10.7 Å². The molecule has 96 valence electrons. The lowest BCUT2D eigenvalue weighted by Crippen LogP contribution is -2.00. The lowest BCUT2D eigenvalue weighted by Gasteiger charge is -2.09. The van der Waals surface area contributed by atoms with Crippen LogP contribution in [0.25, 0.3) is 0 Å². The Morgan fingerprint density at radius 1 is 1.28 bits per heavy atom.